The highest BCUT2D eigenvalue weighted by Gasteiger charge is 2.46. The maximum Gasteiger partial charge on any atom is 0.295 e. The average Bonchev–Trinajstić information content (AvgIpc) is 3.10. The first kappa shape index (κ1) is 28.3. The van der Waals surface area contributed by atoms with Crippen LogP contribution in [0.2, 0.25) is 0 Å². The summed E-state index contributed by atoms with van der Waals surface area (Å²) in [6, 6.07) is 10.5. The van der Waals surface area contributed by atoms with Crippen molar-refractivity contribution >= 4 is 17.4 Å². The molecular formula is C30H40N2O5. The van der Waals surface area contributed by atoms with E-state index in [1.54, 1.807) is 24.1 Å². The molecule has 2 aromatic carbocycles. The third-order valence-corrected chi connectivity index (χ3v) is 6.65. The summed E-state index contributed by atoms with van der Waals surface area (Å²) in [5.74, 6) is -0.369. The van der Waals surface area contributed by atoms with Crippen molar-refractivity contribution in [3.8, 4) is 11.5 Å². The lowest BCUT2D eigenvalue weighted by Crippen LogP contribution is -2.35. The van der Waals surface area contributed by atoms with Crippen LogP contribution in [0.25, 0.3) is 5.76 Å². The van der Waals surface area contributed by atoms with E-state index in [0.29, 0.717) is 42.3 Å². The Hall–Kier alpha value is -3.32. The molecular weight excluding hydrogens is 468 g/mol. The van der Waals surface area contributed by atoms with E-state index >= 15 is 0 Å². The zero-order valence-electron chi connectivity index (χ0n) is 23.3. The summed E-state index contributed by atoms with van der Waals surface area (Å²) in [7, 11) is 5.40. The summed E-state index contributed by atoms with van der Waals surface area (Å²) in [6.45, 7) is 11.6. The SMILES string of the molecule is CCCOc1cc(C2/C(=C(\O)c3cc(C(C)(C)C)ccc3C)C(=O)C(=O)N2CCN(C)C)ccc1OC. The molecule has 0 spiro atoms. The van der Waals surface area contributed by atoms with Gasteiger partial charge in [0.1, 0.15) is 5.76 Å². The van der Waals surface area contributed by atoms with E-state index in [0.717, 1.165) is 17.5 Å². The molecule has 7 heteroatoms. The van der Waals surface area contributed by atoms with Crippen LogP contribution in [-0.2, 0) is 15.0 Å². The van der Waals surface area contributed by atoms with E-state index in [2.05, 4.69) is 20.8 Å². The summed E-state index contributed by atoms with van der Waals surface area (Å²) in [5, 5.41) is 11.6. The van der Waals surface area contributed by atoms with E-state index in [4.69, 9.17) is 9.47 Å². The standard InChI is InChI=1S/C30H40N2O5/c1-9-16-37-24-17-20(11-13-23(24)36-8)26-25(28(34)29(35)32(26)15-14-31(6)7)27(33)22-18-21(30(3,4)5)12-10-19(22)2/h10-13,17-18,26,33H,9,14-16H2,1-8H3/b27-25+. The number of carbonyl (C=O) groups excluding carboxylic acids is 2. The van der Waals surface area contributed by atoms with Crippen molar-refractivity contribution < 1.29 is 24.2 Å². The van der Waals surface area contributed by atoms with Crippen molar-refractivity contribution in [1.82, 2.24) is 9.80 Å². The van der Waals surface area contributed by atoms with Crippen molar-refractivity contribution in [1.29, 1.82) is 0 Å². The van der Waals surface area contributed by atoms with Crippen molar-refractivity contribution in [3.63, 3.8) is 0 Å². The molecule has 200 valence electrons. The van der Waals surface area contributed by atoms with Gasteiger partial charge in [0.15, 0.2) is 11.5 Å². The monoisotopic (exact) mass is 508 g/mol. The molecule has 1 fully saturated rings. The van der Waals surface area contributed by atoms with Gasteiger partial charge in [-0.05, 0) is 67.7 Å². The molecule has 0 saturated carbocycles. The van der Waals surface area contributed by atoms with Crippen LogP contribution in [0.3, 0.4) is 0 Å². The van der Waals surface area contributed by atoms with Gasteiger partial charge in [0.2, 0.25) is 0 Å². The number of likely N-dealkylation sites (tertiary alicyclic amines) is 1. The minimum Gasteiger partial charge on any atom is -0.507 e. The first-order valence-electron chi connectivity index (χ1n) is 12.8. The number of aryl methyl sites for hydroxylation is 1. The predicted octanol–water partition coefficient (Wildman–Crippen LogP) is 5.07. The fraction of sp³-hybridized carbons (Fsp3) is 0.467. The number of ketones is 1. The van der Waals surface area contributed by atoms with Gasteiger partial charge in [-0.25, -0.2) is 0 Å². The van der Waals surface area contributed by atoms with Gasteiger partial charge in [-0.15, -0.1) is 0 Å². The van der Waals surface area contributed by atoms with Crippen LogP contribution in [0.4, 0.5) is 0 Å². The van der Waals surface area contributed by atoms with Crippen LogP contribution in [0.15, 0.2) is 42.0 Å². The van der Waals surface area contributed by atoms with Crippen LogP contribution in [0, 0.1) is 6.92 Å². The Kier molecular flexibility index (Phi) is 8.69. The third kappa shape index (κ3) is 5.99. The fourth-order valence-corrected chi connectivity index (χ4v) is 4.44. The predicted molar refractivity (Wildman–Crippen MR) is 146 cm³/mol. The number of rotatable bonds is 9. The number of likely N-dealkylation sites (N-methyl/N-ethyl adjacent to an activating group) is 1. The molecule has 2 aromatic rings. The van der Waals surface area contributed by atoms with E-state index in [-0.39, 0.29) is 16.7 Å². The van der Waals surface area contributed by atoms with Crippen molar-refractivity contribution in [2.75, 3.05) is 40.9 Å². The zero-order chi connectivity index (χ0) is 27.5. The van der Waals surface area contributed by atoms with Crippen LogP contribution < -0.4 is 9.47 Å². The number of Topliss-reactive ketones (excluding diaryl/α,β-unsaturated/α-hetero) is 1. The van der Waals surface area contributed by atoms with Crippen LogP contribution in [0.1, 0.15) is 62.4 Å². The van der Waals surface area contributed by atoms with E-state index in [9.17, 15) is 14.7 Å². The lowest BCUT2D eigenvalue weighted by Gasteiger charge is -2.27. The number of aliphatic hydroxyl groups excluding tert-OH is 1. The van der Waals surface area contributed by atoms with Crippen molar-refractivity contribution in [3.05, 3.63) is 64.2 Å². The maximum atomic E-state index is 13.5. The number of benzene rings is 2. The van der Waals surface area contributed by atoms with Gasteiger partial charge in [0, 0.05) is 18.7 Å². The molecule has 1 unspecified atom stereocenters. The quantitative estimate of drug-likeness (QED) is 0.289. The molecule has 1 atom stereocenters. The Morgan fingerprint density at radius 3 is 2.38 bits per heavy atom. The second-order valence-electron chi connectivity index (χ2n) is 10.8. The second kappa shape index (κ2) is 11.4. The maximum absolute atomic E-state index is 13.5. The number of aliphatic hydroxyl groups is 1. The molecule has 1 aliphatic rings. The molecule has 37 heavy (non-hydrogen) atoms. The summed E-state index contributed by atoms with van der Waals surface area (Å²) in [6.07, 6.45) is 0.818. The van der Waals surface area contributed by atoms with Gasteiger partial charge in [-0.2, -0.15) is 0 Å². The van der Waals surface area contributed by atoms with Gasteiger partial charge in [0.05, 0.1) is 25.3 Å². The highest BCUT2D eigenvalue weighted by molar-refractivity contribution is 6.46. The van der Waals surface area contributed by atoms with Crippen LogP contribution in [-0.4, -0.2) is 67.5 Å². The highest BCUT2D eigenvalue weighted by atomic mass is 16.5. The topological polar surface area (TPSA) is 79.3 Å². The van der Waals surface area contributed by atoms with Crippen molar-refractivity contribution in [2.24, 2.45) is 0 Å². The lowest BCUT2D eigenvalue weighted by molar-refractivity contribution is -0.140. The number of amides is 1. The van der Waals surface area contributed by atoms with E-state index in [1.165, 1.54) is 0 Å². The first-order chi connectivity index (χ1) is 17.4. The van der Waals surface area contributed by atoms with Crippen LogP contribution >= 0.6 is 0 Å². The van der Waals surface area contributed by atoms with Gasteiger partial charge in [-0.1, -0.05) is 45.9 Å². The number of nitrogens with zero attached hydrogens (tertiary/aromatic N) is 2. The zero-order valence-corrected chi connectivity index (χ0v) is 23.3. The minimum atomic E-state index is -0.757. The van der Waals surface area contributed by atoms with Crippen LogP contribution in [0.5, 0.6) is 11.5 Å². The average molecular weight is 509 g/mol. The molecule has 0 aromatic heterocycles. The Labute approximate surface area is 220 Å². The largest absolute Gasteiger partial charge is 0.507 e. The summed E-state index contributed by atoms with van der Waals surface area (Å²) < 4.78 is 11.4. The minimum absolute atomic E-state index is 0.0875. The Morgan fingerprint density at radius 2 is 1.78 bits per heavy atom. The summed E-state index contributed by atoms with van der Waals surface area (Å²) in [5.41, 5.74) is 3.02. The number of carbonyl (C=O) groups is 2. The summed E-state index contributed by atoms with van der Waals surface area (Å²) >= 11 is 0. The van der Waals surface area contributed by atoms with Gasteiger partial charge >= 0.3 is 0 Å². The molecule has 1 saturated heterocycles. The Morgan fingerprint density at radius 1 is 1.08 bits per heavy atom. The van der Waals surface area contributed by atoms with Crippen molar-refractivity contribution in [2.45, 2.75) is 52.5 Å². The number of hydrogen-bond donors (Lipinski definition) is 1. The van der Waals surface area contributed by atoms with Gasteiger partial charge < -0.3 is 24.4 Å². The molecule has 0 aliphatic carbocycles. The Bertz CT molecular complexity index is 1190. The smallest absolute Gasteiger partial charge is 0.295 e. The number of methoxy groups -OCH3 is 1. The lowest BCUT2D eigenvalue weighted by atomic mass is 9.84. The molecule has 0 bridgehead atoms. The van der Waals surface area contributed by atoms with Gasteiger partial charge in [-0.3, -0.25) is 9.59 Å². The molecule has 1 aliphatic heterocycles. The van der Waals surface area contributed by atoms with Gasteiger partial charge in [0.25, 0.3) is 11.7 Å². The fourth-order valence-electron chi connectivity index (χ4n) is 4.44. The summed E-state index contributed by atoms with van der Waals surface area (Å²) in [4.78, 5) is 30.2. The normalized spacial score (nSPS) is 17.5. The molecule has 7 nitrogen and oxygen atoms in total. The molecule has 1 N–H and O–H groups in total. The molecule has 0 radical (unpaired) electrons. The second-order valence-corrected chi connectivity index (χ2v) is 10.8. The highest BCUT2D eigenvalue weighted by Crippen LogP contribution is 2.42. The Balaban J connectivity index is 2.24. The number of hydrogen-bond acceptors (Lipinski definition) is 6. The van der Waals surface area contributed by atoms with E-state index in [1.807, 2.05) is 57.1 Å². The number of ether oxygens (including phenoxy) is 2. The first-order valence-corrected chi connectivity index (χ1v) is 12.8. The molecule has 1 heterocycles. The third-order valence-electron chi connectivity index (χ3n) is 6.65. The molecule has 3 rings (SSSR count). The van der Waals surface area contributed by atoms with E-state index < -0.39 is 17.7 Å². The molecule has 1 amide bonds.